The summed E-state index contributed by atoms with van der Waals surface area (Å²) in [5, 5.41) is 3.15. The fourth-order valence-corrected chi connectivity index (χ4v) is 2.23. The van der Waals surface area contributed by atoms with Crippen molar-refractivity contribution in [3.05, 3.63) is 35.5 Å². The minimum atomic E-state index is 0.656. The van der Waals surface area contributed by atoms with Crippen molar-refractivity contribution in [3.63, 3.8) is 0 Å². The van der Waals surface area contributed by atoms with Crippen LogP contribution in [0.25, 0.3) is 10.7 Å². The van der Waals surface area contributed by atoms with Crippen molar-refractivity contribution in [2.24, 2.45) is 5.92 Å². The summed E-state index contributed by atoms with van der Waals surface area (Å²) in [7, 11) is 0. The highest BCUT2D eigenvalue weighted by atomic mass is 32.1. The standard InChI is InChI=1S/C12H14N2S/c1-9(2)7-10-8-15-12(14-10)11-5-3-4-6-13-11/h3-6,8-9H,7H2,1-2H3. The van der Waals surface area contributed by atoms with Crippen molar-refractivity contribution in [1.29, 1.82) is 0 Å². The summed E-state index contributed by atoms with van der Waals surface area (Å²) < 4.78 is 0. The highest BCUT2D eigenvalue weighted by Gasteiger charge is 2.06. The Kier molecular flexibility index (Phi) is 3.11. The van der Waals surface area contributed by atoms with E-state index >= 15 is 0 Å². The zero-order valence-electron chi connectivity index (χ0n) is 8.97. The predicted molar refractivity (Wildman–Crippen MR) is 63.9 cm³/mol. The summed E-state index contributed by atoms with van der Waals surface area (Å²) >= 11 is 1.67. The van der Waals surface area contributed by atoms with E-state index in [9.17, 15) is 0 Å². The predicted octanol–water partition coefficient (Wildman–Crippen LogP) is 3.40. The van der Waals surface area contributed by atoms with Crippen LogP contribution >= 0.6 is 11.3 Å². The third-order valence-corrected chi connectivity index (χ3v) is 2.97. The van der Waals surface area contributed by atoms with Gasteiger partial charge < -0.3 is 0 Å². The monoisotopic (exact) mass is 218 g/mol. The smallest absolute Gasteiger partial charge is 0.142 e. The molecule has 3 heteroatoms. The lowest BCUT2D eigenvalue weighted by molar-refractivity contribution is 0.638. The fraction of sp³-hybridized carbons (Fsp3) is 0.333. The Morgan fingerprint density at radius 2 is 2.20 bits per heavy atom. The van der Waals surface area contributed by atoms with Crippen molar-refractivity contribution >= 4 is 11.3 Å². The Morgan fingerprint density at radius 3 is 2.87 bits per heavy atom. The van der Waals surface area contributed by atoms with Crippen molar-refractivity contribution in [1.82, 2.24) is 9.97 Å². The number of hydrogen-bond donors (Lipinski definition) is 0. The maximum atomic E-state index is 4.58. The van der Waals surface area contributed by atoms with Crippen molar-refractivity contribution in [3.8, 4) is 10.7 Å². The van der Waals surface area contributed by atoms with E-state index in [1.807, 2.05) is 18.2 Å². The van der Waals surface area contributed by atoms with Gasteiger partial charge in [-0.15, -0.1) is 11.3 Å². The molecule has 0 atom stereocenters. The van der Waals surface area contributed by atoms with E-state index in [1.54, 1.807) is 17.5 Å². The molecule has 0 aliphatic heterocycles. The molecule has 0 aliphatic rings. The topological polar surface area (TPSA) is 25.8 Å². The Labute approximate surface area is 94.0 Å². The first-order valence-electron chi connectivity index (χ1n) is 5.11. The molecule has 2 aromatic heterocycles. The molecule has 0 unspecified atom stereocenters. The van der Waals surface area contributed by atoms with Crippen LogP contribution in [0.5, 0.6) is 0 Å². The molecule has 0 fully saturated rings. The lowest BCUT2D eigenvalue weighted by Crippen LogP contribution is -1.93. The summed E-state index contributed by atoms with van der Waals surface area (Å²) in [6.07, 6.45) is 2.85. The fourth-order valence-electron chi connectivity index (χ4n) is 1.43. The Balaban J connectivity index is 2.21. The Bertz CT molecular complexity index is 420. The molecule has 0 radical (unpaired) electrons. The second-order valence-electron chi connectivity index (χ2n) is 3.96. The SMILES string of the molecule is CC(C)Cc1csc(-c2ccccn2)n1. The van der Waals surface area contributed by atoms with E-state index in [4.69, 9.17) is 0 Å². The van der Waals surface area contributed by atoms with Gasteiger partial charge in [-0.05, 0) is 24.5 Å². The maximum Gasteiger partial charge on any atom is 0.142 e. The molecule has 2 rings (SSSR count). The molecule has 0 amide bonds. The lowest BCUT2D eigenvalue weighted by atomic mass is 10.1. The average molecular weight is 218 g/mol. The highest BCUT2D eigenvalue weighted by molar-refractivity contribution is 7.13. The molecule has 2 aromatic rings. The zero-order chi connectivity index (χ0) is 10.7. The molecule has 15 heavy (non-hydrogen) atoms. The summed E-state index contributed by atoms with van der Waals surface area (Å²) in [6.45, 7) is 4.42. The minimum absolute atomic E-state index is 0.656. The number of thiazole rings is 1. The van der Waals surface area contributed by atoms with Gasteiger partial charge in [-0.25, -0.2) is 4.98 Å². The number of pyridine rings is 1. The summed E-state index contributed by atoms with van der Waals surface area (Å²) in [4.78, 5) is 8.87. The summed E-state index contributed by atoms with van der Waals surface area (Å²) in [5.74, 6) is 0.656. The first-order chi connectivity index (χ1) is 7.25. The van der Waals surface area contributed by atoms with E-state index in [-0.39, 0.29) is 0 Å². The molecule has 2 heterocycles. The molecule has 0 spiro atoms. The third kappa shape index (κ3) is 2.63. The van der Waals surface area contributed by atoms with Crippen LogP contribution in [0.4, 0.5) is 0 Å². The number of nitrogens with zero attached hydrogens (tertiary/aromatic N) is 2. The van der Waals surface area contributed by atoms with Crippen molar-refractivity contribution in [2.75, 3.05) is 0 Å². The van der Waals surface area contributed by atoms with E-state index < -0.39 is 0 Å². The highest BCUT2D eigenvalue weighted by Crippen LogP contribution is 2.22. The van der Waals surface area contributed by atoms with E-state index in [0.717, 1.165) is 17.1 Å². The van der Waals surface area contributed by atoms with Crippen LogP contribution in [0.1, 0.15) is 19.5 Å². The van der Waals surface area contributed by atoms with Gasteiger partial charge in [0, 0.05) is 11.6 Å². The number of rotatable bonds is 3. The van der Waals surface area contributed by atoms with Crippen LogP contribution in [0.2, 0.25) is 0 Å². The molecule has 0 N–H and O–H groups in total. The Hall–Kier alpha value is -1.22. The number of aromatic nitrogens is 2. The van der Waals surface area contributed by atoms with Gasteiger partial charge >= 0.3 is 0 Å². The van der Waals surface area contributed by atoms with Gasteiger partial charge in [0.05, 0.1) is 11.4 Å². The number of hydrogen-bond acceptors (Lipinski definition) is 3. The van der Waals surface area contributed by atoms with Crippen LogP contribution in [0, 0.1) is 5.92 Å². The third-order valence-electron chi connectivity index (χ3n) is 2.05. The van der Waals surface area contributed by atoms with E-state index in [0.29, 0.717) is 5.92 Å². The molecule has 0 saturated carbocycles. The van der Waals surface area contributed by atoms with Gasteiger partial charge in [0.2, 0.25) is 0 Å². The van der Waals surface area contributed by atoms with Gasteiger partial charge in [-0.3, -0.25) is 4.98 Å². The van der Waals surface area contributed by atoms with Gasteiger partial charge in [0.1, 0.15) is 5.01 Å². The van der Waals surface area contributed by atoms with Gasteiger partial charge in [0.15, 0.2) is 0 Å². The van der Waals surface area contributed by atoms with Crippen LogP contribution < -0.4 is 0 Å². The van der Waals surface area contributed by atoms with Crippen LogP contribution in [-0.2, 0) is 6.42 Å². The lowest BCUT2D eigenvalue weighted by Gasteiger charge is -1.99. The zero-order valence-corrected chi connectivity index (χ0v) is 9.79. The minimum Gasteiger partial charge on any atom is -0.254 e. The quantitative estimate of drug-likeness (QED) is 0.789. The molecule has 0 aliphatic carbocycles. The average Bonchev–Trinajstić information content (AvgIpc) is 2.67. The maximum absolute atomic E-state index is 4.58. The van der Waals surface area contributed by atoms with E-state index in [1.165, 1.54) is 5.69 Å². The van der Waals surface area contributed by atoms with Crippen molar-refractivity contribution in [2.45, 2.75) is 20.3 Å². The normalized spacial score (nSPS) is 10.9. The van der Waals surface area contributed by atoms with Gasteiger partial charge in [-0.2, -0.15) is 0 Å². The molecule has 2 nitrogen and oxygen atoms in total. The van der Waals surface area contributed by atoms with Gasteiger partial charge in [0.25, 0.3) is 0 Å². The van der Waals surface area contributed by atoms with E-state index in [2.05, 4.69) is 29.2 Å². The molecular weight excluding hydrogens is 204 g/mol. The first kappa shape index (κ1) is 10.3. The largest absolute Gasteiger partial charge is 0.254 e. The Morgan fingerprint density at radius 1 is 1.33 bits per heavy atom. The van der Waals surface area contributed by atoms with Crippen LogP contribution in [0.15, 0.2) is 29.8 Å². The molecular formula is C12H14N2S. The second kappa shape index (κ2) is 4.53. The molecule has 0 bridgehead atoms. The first-order valence-corrected chi connectivity index (χ1v) is 5.99. The molecule has 0 saturated heterocycles. The van der Waals surface area contributed by atoms with Crippen molar-refractivity contribution < 1.29 is 0 Å². The summed E-state index contributed by atoms with van der Waals surface area (Å²) in [6, 6.07) is 5.91. The second-order valence-corrected chi connectivity index (χ2v) is 4.82. The van der Waals surface area contributed by atoms with Crippen LogP contribution in [0.3, 0.4) is 0 Å². The van der Waals surface area contributed by atoms with Gasteiger partial charge in [-0.1, -0.05) is 19.9 Å². The molecule has 0 aromatic carbocycles. The molecule has 78 valence electrons. The van der Waals surface area contributed by atoms with Crippen LogP contribution in [-0.4, -0.2) is 9.97 Å². The summed E-state index contributed by atoms with van der Waals surface area (Å²) in [5.41, 5.74) is 2.15.